The van der Waals surface area contributed by atoms with Gasteiger partial charge < -0.3 is 10.6 Å². The van der Waals surface area contributed by atoms with Crippen molar-refractivity contribution in [2.45, 2.75) is 24.8 Å². The number of amides is 2. The molecule has 21 heavy (non-hydrogen) atoms. The van der Waals surface area contributed by atoms with E-state index in [0.717, 1.165) is 0 Å². The van der Waals surface area contributed by atoms with E-state index in [-0.39, 0.29) is 24.4 Å². The number of nitrogens with zero attached hydrogens (tertiary/aromatic N) is 1. The second-order valence-electron chi connectivity index (χ2n) is 5.49. The van der Waals surface area contributed by atoms with Gasteiger partial charge in [0, 0.05) is 36.8 Å². The van der Waals surface area contributed by atoms with E-state index < -0.39 is 29.4 Å². The lowest BCUT2D eigenvalue weighted by Gasteiger charge is -2.39. The standard InChI is InChI=1S/C14H15F2N3O2/c15-10-3-8(19-5-7(17)6-19)4-11(16)13(10)9-1-2-12(20)18-14(9)21/h3-4,7,9H,1-2,5-6,17H2,(H,18,20,21). The Balaban J connectivity index is 1.89. The van der Waals surface area contributed by atoms with Crippen molar-refractivity contribution in [3.05, 3.63) is 29.3 Å². The summed E-state index contributed by atoms with van der Waals surface area (Å²) in [6, 6.07) is 2.45. The van der Waals surface area contributed by atoms with Crippen LogP contribution in [0.5, 0.6) is 0 Å². The van der Waals surface area contributed by atoms with Crippen molar-refractivity contribution < 1.29 is 18.4 Å². The van der Waals surface area contributed by atoms with Crippen LogP contribution in [0.25, 0.3) is 0 Å². The SMILES string of the molecule is NC1CN(c2cc(F)c(C3CCC(=O)NC3=O)c(F)c2)C1. The summed E-state index contributed by atoms with van der Waals surface area (Å²) in [6.07, 6.45) is 0.199. The molecular weight excluding hydrogens is 280 g/mol. The first kappa shape index (κ1) is 13.9. The molecule has 1 unspecified atom stereocenters. The number of hydrogen-bond acceptors (Lipinski definition) is 4. The molecule has 2 aliphatic rings. The Morgan fingerprint density at radius 2 is 1.81 bits per heavy atom. The molecule has 5 nitrogen and oxygen atoms in total. The second-order valence-corrected chi connectivity index (χ2v) is 5.49. The van der Waals surface area contributed by atoms with E-state index in [1.54, 1.807) is 4.90 Å². The van der Waals surface area contributed by atoms with Gasteiger partial charge in [-0.15, -0.1) is 0 Å². The molecule has 0 saturated carbocycles. The minimum atomic E-state index is -0.963. The van der Waals surface area contributed by atoms with Crippen LogP contribution in [0.2, 0.25) is 0 Å². The van der Waals surface area contributed by atoms with Crippen molar-refractivity contribution >= 4 is 17.5 Å². The summed E-state index contributed by atoms with van der Waals surface area (Å²) < 4.78 is 28.4. The fourth-order valence-corrected chi connectivity index (χ4v) is 2.78. The lowest BCUT2D eigenvalue weighted by molar-refractivity contribution is -0.134. The number of imide groups is 1. The molecule has 2 amide bonds. The molecule has 112 valence electrons. The van der Waals surface area contributed by atoms with Gasteiger partial charge in [0.2, 0.25) is 11.8 Å². The molecule has 0 radical (unpaired) electrons. The fraction of sp³-hybridized carbons (Fsp3) is 0.429. The Labute approximate surface area is 120 Å². The lowest BCUT2D eigenvalue weighted by atomic mass is 9.89. The first-order valence-corrected chi connectivity index (χ1v) is 6.79. The molecule has 0 spiro atoms. The van der Waals surface area contributed by atoms with Gasteiger partial charge in [-0.1, -0.05) is 0 Å². The van der Waals surface area contributed by atoms with E-state index in [9.17, 15) is 18.4 Å². The maximum Gasteiger partial charge on any atom is 0.234 e. The Hall–Kier alpha value is -2.02. The minimum Gasteiger partial charge on any atom is -0.368 e. The minimum absolute atomic E-state index is 0.0194. The maximum absolute atomic E-state index is 14.2. The Bertz CT molecular complexity index is 591. The van der Waals surface area contributed by atoms with Crippen molar-refractivity contribution in [1.82, 2.24) is 5.32 Å². The van der Waals surface area contributed by atoms with Crippen LogP contribution >= 0.6 is 0 Å². The number of carbonyl (C=O) groups excluding carboxylic acids is 2. The van der Waals surface area contributed by atoms with Gasteiger partial charge in [-0.2, -0.15) is 0 Å². The second kappa shape index (κ2) is 5.07. The summed E-state index contributed by atoms with van der Waals surface area (Å²) in [7, 11) is 0. The maximum atomic E-state index is 14.2. The van der Waals surface area contributed by atoms with E-state index in [2.05, 4.69) is 5.32 Å². The molecule has 2 aliphatic heterocycles. The smallest absolute Gasteiger partial charge is 0.234 e. The molecule has 2 heterocycles. The summed E-state index contributed by atoms with van der Waals surface area (Å²) in [5.41, 5.74) is 5.80. The van der Waals surface area contributed by atoms with Crippen molar-refractivity contribution in [2.75, 3.05) is 18.0 Å². The van der Waals surface area contributed by atoms with Crippen molar-refractivity contribution in [1.29, 1.82) is 0 Å². The summed E-state index contributed by atoms with van der Waals surface area (Å²) >= 11 is 0. The van der Waals surface area contributed by atoms with E-state index in [0.29, 0.717) is 18.8 Å². The molecule has 2 fully saturated rings. The van der Waals surface area contributed by atoms with Gasteiger partial charge >= 0.3 is 0 Å². The third-order valence-corrected chi connectivity index (χ3v) is 3.93. The van der Waals surface area contributed by atoms with Gasteiger partial charge in [-0.3, -0.25) is 14.9 Å². The third kappa shape index (κ3) is 2.49. The molecule has 2 saturated heterocycles. The number of hydrogen-bond donors (Lipinski definition) is 2. The highest BCUT2D eigenvalue weighted by Crippen LogP contribution is 2.33. The van der Waals surface area contributed by atoms with Crippen LogP contribution in [0, 0.1) is 11.6 Å². The van der Waals surface area contributed by atoms with E-state index in [1.807, 2.05) is 0 Å². The number of nitrogens with one attached hydrogen (secondary N) is 1. The highest BCUT2D eigenvalue weighted by atomic mass is 19.1. The predicted molar refractivity (Wildman–Crippen MR) is 71.7 cm³/mol. The van der Waals surface area contributed by atoms with Crippen LogP contribution in [0.3, 0.4) is 0 Å². The van der Waals surface area contributed by atoms with Gasteiger partial charge in [0.05, 0.1) is 5.92 Å². The van der Waals surface area contributed by atoms with Crippen LogP contribution in [0.1, 0.15) is 24.3 Å². The number of rotatable bonds is 2. The zero-order chi connectivity index (χ0) is 15.1. The zero-order valence-electron chi connectivity index (χ0n) is 11.2. The summed E-state index contributed by atoms with van der Waals surface area (Å²) in [5, 5.41) is 2.11. The monoisotopic (exact) mass is 295 g/mol. The number of piperidine rings is 1. The van der Waals surface area contributed by atoms with Crippen molar-refractivity contribution in [2.24, 2.45) is 5.73 Å². The summed E-state index contributed by atoms with van der Waals surface area (Å²) in [6.45, 7) is 1.10. The van der Waals surface area contributed by atoms with Gasteiger partial charge in [0.15, 0.2) is 0 Å². The van der Waals surface area contributed by atoms with E-state index >= 15 is 0 Å². The number of nitrogens with two attached hydrogens (primary N) is 1. The number of benzene rings is 1. The lowest BCUT2D eigenvalue weighted by Crippen LogP contribution is -2.55. The van der Waals surface area contributed by atoms with Gasteiger partial charge in [-0.25, -0.2) is 8.78 Å². The summed E-state index contributed by atoms with van der Waals surface area (Å²) in [4.78, 5) is 24.6. The van der Waals surface area contributed by atoms with Crippen molar-refractivity contribution in [3.8, 4) is 0 Å². The molecule has 3 rings (SSSR count). The average molecular weight is 295 g/mol. The highest BCUT2D eigenvalue weighted by molar-refractivity contribution is 6.01. The number of carbonyl (C=O) groups is 2. The van der Waals surface area contributed by atoms with Gasteiger partial charge in [0.1, 0.15) is 11.6 Å². The first-order chi connectivity index (χ1) is 9.95. The third-order valence-electron chi connectivity index (χ3n) is 3.93. The van der Waals surface area contributed by atoms with Crippen LogP contribution in [0.15, 0.2) is 12.1 Å². The van der Waals surface area contributed by atoms with Crippen LogP contribution in [0.4, 0.5) is 14.5 Å². The molecule has 0 aliphatic carbocycles. The first-order valence-electron chi connectivity index (χ1n) is 6.79. The molecule has 7 heteroatoms. The van der Waals surface area contributed by atoms with Crippen molar-refractivity contribution in [3.63, 3.8) is 0 Å². The number of halogens is 2. The van der Waals surface area contributed by atoms with E-state index in [1.165, 1.54) is 12.1 Å². The zero-order valence-corrected chi connectivity index (χ0v) is 11.2. The fourth-order valence-electron chi connectivity index (χ4n) is 2.78. The molecule has 3 N–H and O–H groups in total. The topological polar surface area (TPSA) is 75.4 Å². The average Bonchev–Trinajstić information content (AvgIpc) is 2.36. The molecule has 0 bridgehead atoms. The predicted octanol–water partition coefficient (Wildman–Crippen LogP) is 0.632. The Morgan fingerprint density at radius 3 is 2.33 bits per heavy atom. The van der Waals surface area contributed by atoms with Gasteiger partial charge in [-0.05, 0) is 18.6 Å². The van der Waals surface area contributed by atoms with E-state index in [4.69, 9.17) is 5.73 Å². The quantitative estimate of drug-likeness (QED) is 0.785. The molecule has 1 atom stereocenters. The normalized spacial score (nSPS) is 23.0. The van der Waals surface area contributed by atoms with Crippen LogP contribution in [-0.4, -0.2) is 30.9 Å². The molecule has 0 aromatic heterocycles. The number of anilines is 1. The van der Waals surface area contributed by atoms with Gasteiger partial charge in [0.25, 0.3) is 0 Å². The molecule has 1 aromatic carbocycles. The Morgan fingerprint density at radius 1 is 1.19 bits per heavy atom. The summed E-state index contributed by atoms with van der Waals surface area (Å²) in [5.74, 6) is -3.55. The molecular formula is C14H15F2N3O2. The van der Waals surface area contributed by atoms with Crippen LogP contribution in [-0.2, 0) is 9.59 Å². The largest absolute Gasteiger partial charge is 0.368 e. The molecule has 1 aromatic rings. The Kier molecular flexibility index (Phi) is 3.36. The van der Waals surface area contributed by atoms with Crippen LogP contribution < -0.4 is 16.0 Å². The highest BCUT2D eigenvalue weighted by Gasteiger charge is 2.33.